The number of halogens is 1. The van der Waals surface area contributed by atoms with Gasteiger partial charge in [-0.2, -0.15) is 0 Å². The second-order valence-corrected chi connectivity index (χ2v) is 6.80. The first-order valence-corrected chi connectivity index (χ1v) is 8.59. The number of hydrogen-bond acceptors (Lipinski definition) is 4. The summed E-state index contributed by atoms with van der Waals surface area (Å²) in [4.78, 5) is 35.7. The molecule has 1 aliphatic rings. The maximum Gasteiger partial charge on any atom is 0.322 e. The Labute approximate surface area is 161 Å². The monoisotopic (exact) mass is 387 g/mol. The first-order chi connectivity index (χ1) is 12.8. The smallest absolute Gasteiger partial charge is 0.322 e. The van der Waals surface area contributed by atoms with Gasteiger partial charge < -0.3 is 15.4 Å². The lowest BCUT2D eigenvalue weighted by Gasteiger charge is -2.21. The van der Waals surface area contributed by atoms with Crippen molar-refractivity contribution in [1.29, 1.82) is 0 Å². The molecule has 7 nitrogen and oxygen atoms in total. The van der Waals surface area contributed by atoms with Crippen molar-refractivity contribution < 1.29 is 19.1 Å². The molecule has 1 unspecified atom stereocenters. The van der Waals surface area contributed by atoms with Crippen LogP contribution in [0.2, 0.25) is 5.02 Å². The maximum absolute atomic E-state index is 12.2. The molecule has 1 aliphatic heterocycles. The van der Waals surface area contributed by atoms with E-state index < -0.39 is 17.5 Å². The lowest BCUT2D eigenvalue weighted by atomic mass is 9.92. The summed E-state index contributed by atoms with van der Waals surface area (Å²) in [6.45, 7) is 3.26. The predicted molar refractivity (Wildman–Crippen MR) is 101 cm³/mol. The van der Waals surface area contributed by atoms with Crippen LogP contribution in [0.25, 0.3) is 0 Å². The number of hydrogen-bond donors (Lipinski definition) is 3. The number of nitrogens with one attached hydrogen (secondary N) is 3. The number of urea groups is 1. The van der Waals surface area contributed by atoms with Crippen LogP contribution in [0.4, 0.5) is 10.5 Å². The minimum atomic E-state index is -1.19. The van der Waals surface area contributed by atoms with Crippen molar-refractivity contribution in [3.05, 3.63) is 58.6 Å². The van der Waals surface area contributed by atoms with Crippen molar-refractivity contribution in [2.24, 2.45) is 0 Å². The molecule has 27 heavy (non-hydrogen) atoms. The van der Waals surface area contributed by atoms with Crippen molar-refractivity contribution in [2.45, 2.75) is 19.4 Å². The van der Waals surface area contributed by atoms with Crippen molar-refractivity contribution >= 4 is 35.1 Å². The van der Waals surface area contributed by atoms with E-state index in [2.05, 4.69) is 16.0 Å². The van der Waals surface area contributed by atoms with Gasteiger partial charge in [-0.25, -0.2) is 4.79 Å². The number of carbonyl (C=O) groups is 3. The summed E-state index contributed by atoms with van der Waals surface area (Å²) in [7, 11) is 0. The van der Waals surface area contributed by atoms with Gasteiger partial charge in [0.25, 0.3) is 11.8 Å². The van der Waals surface area contributed by atoms with E-state index in [0.29, 0.717) is 22.0 Å². The summed E-state index contributed by atoms with van der Waals surface area (Å²) >= 11 is 5.90. The van der Waals surface area contributed by atoms with E-state index in [-0.39, 0.29) is 12.5 Å². The Morgan fingerprint density at radius 3 is 2.67 bits per heavy atom. The number of amides is 4. The highest BCUT2D eigenvalue weighted by Crippen LogP contribution is 2.26. The van der Waals surface area contributed by atoms with Gasteiger partial charge in [0.2, 0.25) is 0 Å². The molecule has 0 aliphatic carbocycles. The molecule has 1 fully saturated rings. The Morgan fingerprint density at radius 1 is 1.22 bits per heavy atom. The van der Waals surface area contributed by atoms with E-state index in [0.717, 1.165) is 5.56 Å². The zero-order chi connectivity index (χ0) is 19.6. The normalized spacial score (nSPS) is 18.6. The molecule has 0 saturated carbocycles. The number of carbonyl (C=O) groups excluding carboxylic acids is 3. The quantitative estimate of drug-likeness (QED) is 0.687. The highest BCUT2D eigenvalue weighted by Gasteiger charge is 2.43. The molecule has 2 aromatic carbocycles. The van der Waals surface area contributed by atoms with E-state index in [1.165, 1.54) is 0 Å². The van der Waals surface area contributed by atoms with Crippen LogP contribution in [-0.4, -0.2) is 24.5 Å². The van der Waals surface area contributed by atoms with Crippen LogP contribution in [0.1, 0.15) is 18.1 Å². The van der Waals surface area contributed by atoms with Gasteiger partial charge in [-0.3, -0.25) is 14.9 Å². The molecule has 0 spiro atoms. The number of benzene rings is 2. The first-order valence-electron chi connectivity index (χ1n) is 8.21. The topological polar surface area (TPSA) is 96.5 Å². The van der Waals surface area contributed by atoms with Gasteiger partial charge in [0.05, 0.1) is 0 Å². The van der Waals surface area contributed by atoms with Gasteiger partial charge in [0.1, 0.15) is 11.3 Å². The Kier molecular flexibility index (Phi) is 5.05. The zero-order valence-electron chi connectivity index (χ0n) is 14.8. The number of imide groups is 1. The Hall–Kier alpha value is -3.06. The number of ether oxygens (including phenoxy) is 1. The van der Waals surface area contributed by atoms with Crippen LogP contribution in [0.15, 0.2) is 42.5 Å². The summed E-state index contributed by atoms with van der Waals surface area (Å²) in [5.74, 6) is -0.231. The Bertz CT molecular complexity index is 931. The largest absolute Gasteiger partial charge is 0.483 e. The molecule has 140 valence electrons. The molecule has 3 rings (SSSR count). The number of rotatable bonds is 5. The third kappa shape index (κ3) is 4.03. The molecule has 3 N–H and O–H groups in total. The molecule has 8 heteroatoms. The molecule has 0 aromatic heterocycles. The van der Waals surface area contributed by atoms with E-state index in [1.54, 1.807) is 49.4 Å². The van der Waals surface area contributed by atoms with Gasteiger partial charge in [-0.15, -0.1) is 0 Å². The summed E-state index contributed by atoms with van der Waals surface area (Å²) in [6, 6.07) is 11.3. The molecule has 1 saturated heterocycles. The maximum atomic E-state index is 12.2. The fourth-order valence-electron chi connectivity index (χ4n) is 2.77. The van der Waals surface area contributed by atoms with Crippen LogP contribution >= 0.6 is 11.6 Å². The fraction of sp³-hybridized carbons (Fsp3) is 0.211. The van der Waals surface area contributed by atoms with E-state index in [4.69, 9.17) is 16.3 Å². The number of aryl methyl sites for hydroxylation is 1. The van der Waals surface area contributed by atoms with E-state index in [9.17, 15) is 14.4 Å². The van der Waals surface area contributed by atoms with Crippen LogP contribution in [0.5, 0.6) is 5.75 Å². The lowest BCUT2D eigenvalue weighted by Crippen LogP contribution is -2.40. The molecule has 0 radical (unpaired) electrons. The predicted octanol–water partition coefficient (Wildman–Crippen LogP) is 2.72. The van der Waals surface area contributed by atoms with Gasteiger partial charge in [-0.05, 0) is 55.3 Å². The Balaban J connectivity index is 1.66. The zero-order valence-corrected chi connectivity index (χ0v) is 15.5. The van der Waals surface area contributed by atoms with Gasteiger partial charge >= 0.3 is 6.03 Å². The first kappa shape index (κ1) is 18.7. The minimum Gasteiger partial charge on any atom is -0.483 e. The molecule has 4 amide bonds. The molecular formula is C19H18ClN3O4. The Morgan fingerprint density at radius 2 is 2.00 bits per heavy atom. The van der Waals surface area contributed by atoms with Crippen molar-refractivity contribution in [3.8, 4) is 5.75 Å². The molecule has 1 atom stereocenters. The fourth-order valence-corrected chi connectivity index (χ4v) is 3.00. The van der Waals surface area contributed by atoms with Crippen molar-refractivity contribution in [2.75, 3.05) is 11.9 Å². The van der Waals surface area contributed by atoms with E-state index >= 15 is 0 Å². The summed E-state index contributed by atoms with van der Waals surface area (Å²) < 4.78 is 5.51. The summed E-state index contributed by atoms with van der Waals surface area (Å²) in [5.41, 5.74) is 0.685. The van der Waals surface area contributed by atoms with Crippen LogP contribution < -0.4 is 20.7 Å². The molecular weight excluding hydrogens is 370 g/mol. The molecule has 1 heterocycles. The average Bonchev–Trinajstić information content (AvgIpc) is 2.87. The third-order valence-corrected chi connectivity index (χ3v) is 4.50. The highest BCUT2D eigenvalue weighted by molar-refractivity contribution is 6.30. The lowest BCUT2D eigenvalue weighted by molar-refractivity contribution is -0.123. The van der Waals surface area contributed by atoms with Gasteiger partial charge in [0, 0.05) is 10.7 Å². The van der Waals surface area contributed by atoms with Crippen LogP contribution in [0, 0.1) is 6.92 Å². The van der Waals surface area contributed by atoms with Gasteiger partial charge in [-0.1, -0.05) is 23.7 Å². The van der Waals surface area contributed by atoms with Crippen LogP contribution in [-0.2, 0) is 15.1 Å². The standard InChI is InChI=1S/C19H18ClN3O4/c1-11-8-13(20)6-7-15(11)27-10-16(24)21-14-5-3-4-12(9-14)19(2)17(25)22-18(26)23-19/h3-9H,10H2,1-2H3,(H,21,24)(H2,22,23,25,26). The van der Waals surface area contributed by atoms with Crippen LogP contribution in [0.3, 0.4) is 0 Å². The minimum absolute atomic E-state index is 0.179. The third-order valence-electron chi connectivity index (χ3n) is 4.26. The SMILES string of the molecule is Cc1cc(Cl)ccc1OCC(=O)Nc1cccc(C2(C)NC(=O)NC2=O)c1. The van der Waals surface area contributed by atoms with Gasteiger partial charge in [0.15, 0.2) is 6.61 Å². The number of anilines is 1. The van der Waals surface area contributed by atoms with E-state index in [1.807, 2.05) is 6.92 Å². The van der Waals surface area contributed by atoms with Crippen molar-refractivity contribution in [3.63, 3.8) is 0 Å². The second kappa shape index (κ2) is 7.28. The summed E-state index contributed by atoms with van der Waals surface area (Å²) in [6.07, 6.45) is 0. The molecule has 2 aromatic rings. The van der Waals surface area contributed by atoms with Crippen molar-refractivity contribution in [1.82, 2.24) is 10.6 Å². The molecule has 0 bridgehead atoms. The summed E-state index contributed by atoms with van der Waals surface area (Å²) in [5, 5.41) is 8.11. The second-order valence-electron chi connectivity index (χ2n) is 6.36. The highest BCUT2D eigenvalue weighted by atomic mass is 35.5. The average molecular weight is 388 g/mol.